The molecule has 0 amide bonds. The number of carbonyl (C=O) groups excluding carboxylic acids is 1. The van der Waals surface area contributed by atoms with Gasteiger partial charge < -0.3 is 4.74 Å². The van der Waals surface area contributed by atoms with Gasteiger partial charge >= 0.3 is 5.97 Å². The van der Waals surface area contributed by atoms with Crippen LogP contribution in [-0.2, 0) is 20.5 Å². The van der Waals surface area contributed by atoms with E-state index in [1.165, 1.54) is 0 Å². The number of esters is 1. The van der Waals surface area contributed by atoms with E-state index in [-0.39, 0.29) is 6.61 Å². The molecule has 0 bridgehead atoms. The van der Waals surface area contributed by atoms with Crippen molar-refractivity contribution in [3.05, 3.63) is 96.8 Å². The lowest BCUT2D eigenvalue weighted by Crippen LogP contribution is -2.41. The normalized spacial score (nSPS) is 14.1. The van der Waals surface area contributed by atoms with E-state index < -0.39 is 33.7 Å². The first kappa shape index (κ1) is 25.5. The Morgan fingerprint density at radius 1 is 1.00 bits per heavy atom. The number of carbonyl (C=O) groups is 1. The zero-order valence-corrected chi connectivity index (χ0v) is 21.0. The summed E-state index contributed by atoms with van der Waals surface area (Å²) in [6.45, 7) is 11.9. The summed E-state index contributed by atoms with van der Waals surface area (Å²) in [5.41, 5.74) is 4.16. The zero-order chi connectivity index (χ0) is 24.7. The molecular formula is C28H32N2O3S. The highest BCUT2D eigenvalue weighted by molar-refractivity contribution is 7.84. The molecule has 1 heterocycles. The van der Waals surface area contributed by atoms with E-state index in [4.69, 9.17) is 4.74 Å². The van der Waals surface area contributed by atoms with Crippen molar-refractivity contribution in [2.24, 2.45) is 5.92 Å². The molecule has 34 heavy (non-hydrogen) atoms. The van der Waals surface area contributed by atoms with Gasteiger partial charge in [0.25, 0.3) is 0 Å². The Labute approximate surface area is 204 Å². The Hall–Kier alpha value is -3.09. The van der Waals surface area contributed by atoms with Gasteiger partial charge in [-0.2, -0.15) is 0 Å². The highest BCUT2D eigenvalue weighted by Crippen LogP contribution is 2.35. The van der Waals surface area contributed by atoms with Crippen LogP contribution in [0, 0.1) is 5.92 Å². The van der Waals surface area contributed by atoms with Gasteiger partial charge in [0.2, 0.25) is 0 Å². The van der Waals surface area contributed by atoms with Gasteiger partial charge in [0, 0.05) is 6.20 Å². The number of ether oxygens (including phenoxy) is 1. The maximum Gasteiger partial charge on any atom is 0.315 e. The van der Waals surface area contributed by atoms with Crippen molar-refractivity contribution in [3.8, 4) is 11.1 Å². The molecule has 0 aliphatic carbocycles. The van der Waals surface area contributed by atoms with Crippen molar-refractivity contribution in [1.29, 1.82) is 0 Å². The Morgan fingerprint density at radius 3 is 2.18 bits per heavy atom. The van der Waals surface area contributed by atoms with Gasteiger partial charge in [-0.15, -0.1) is 0 Å². The fourth-order valence-electron chi connectivity index (χ4n) is 3.55. The molecule has 0 radical (unpaired) electrons. The molecule has 3 atom stereocenters. The van der Waals surface area contributed by atoms with Crippen molar-refractivity contribution in [2.45, 2.75) is 38.5 Å². The summed E-state index contributed by atoms with van der Waals surface area (Å²) < 4.78 is 21.1. The summed E-state index contributed by atoms with van der Waals surface area (Å²) in [6.07, 6.45) is 1.66. The molecule has 6 heteroatoms. The Bertz CT molecular complexity index is 1120. The van der Waals surface area contributed by atoms with E-state index >= 15 is 0 Å². The van der Waals surface area contributed by atoms with Crippen LogP contribution in [0.2, 0.25) is 0 Å². The average molecular weight is 477 g/mol. The van der Waals surface area contributed by atoms with E-state index in [1.807, 2.05) is 87.5 Å². The Kier molecular flexibility index (Phi) is 8.53. The molecule has 0 spiro atoms. The highest BCUT2D eigenvalue weighted by Gasteiger charge is 2.37. The van der Waals surface area contributed by atoms with Crippen molar-refractivity contribution in [1.82, 2.24) is 9.71 Å². The van der Waals surface area contributed by atoms with Crippen LogP contribution in [0.1, 0.15) is 45.0 Å². The van der Waals surface area contributed by atoms with Crippen LogP contribution in [0.25, 0.3) is 16.7 Å². The third kappa shape index (κ3) is 6.27. The number of nitrogens with zero attached hydrogens (tertiary/aromatic N) is 1. The van der Waals surface area contributed by atoms with E-state index in [2.05, 4.69) is 16.3 Å². The van der Waals surface area contributed by atoms with Crippen LogP contribution < -0.4 is 4.72 Å². The lowest BCUT2D eigenvalue weighted by molar-refractivity contribution is -0.146. The predicted octanol–water partition coefficient (Wildman–Crippen LogP) is 5.73. The Morgan fingerprint density at radius 2 is 1.62 bits per heavy atom. The van der Waals surface area contributed by atoms with E-state index in [1.54, 1.807) is 19.2 Å². The highest BCUT2D eigenvalue weighted by atomic mass is 32.2. The Balaban J connectivity index is 2.01. The molecular weight excluding hydrogens is 444 g/mol. The molecule has 1 unspecified atom stereocenters. The third-order valence-electron chi connectivity index (χ3n) is 5.41. The summed E-state index contributed by atoms with van der Waals surface area (Å²) in [5, 5.41) is 0. The smallest absolute Gasteiger partial charge is 0.315 e. The van der Waals surface area contributed by atoms with Gasteiger partial charge in [-0.3, -0.25) is 9.78 Å². The quantitative estimate of drug-likeness (QED) is 0.400. The van der Waals surface area contributed by atoms with Gasteiger partial charge in [-0.05, 0) is 62.1 Å². The lowest BCUT2D eigenvalue weighted by atomic mass is 9.86. The maximum atomic E-state index is 13.2. The SMILES string of the molecule is C=C(c1ccc(-c2ccccc2)cc1)[C@@H](C(=O)OCC)[C@@H](NS(=O)C(C)(C)C)c1ccccn1. The molecule has 2 aromatic carbocycles. The van der Waals surface area contributed by atoms with Crippen LogP contribution in [0.5, 0.6) is 0 Å². The molecule has 0 saturated carbocycles. The molecule has 3 rings (SSSR count). The molecule has 0 aliphatic rings. The molecule has 1 N–H and O–H groups in total. The van der Waals surface area contributed by atoms with Crippen LogP contribution in [0.15, 0.2) is 85.6 Å². The van der Waals surface area contributed by atoms with Crippen LogP contribution in [-0.4, -0.2) is 26.5 Å². The largest absolute Gasteiger partial charge is 0.465 e. The number of pyridine rings is 1. The number of hydrogen-bond donors (Lipinski definition) is 1. The number of rotatable bonds is 9. The van der Waals surface area contributed by atoms with Crippen molar-refractivity contribution in [2.75, 3.05) is 6.61 Å². The molecule has 3 aromatic rings. The van der Waals surface area contributed by atoms with Crippen molar-refractivity contribution >= 4 is 22.5 Å². The van der Waals surface area contributed by atoms with E-state index in [9.17, 15) is 9.00 Å². The van der Waals surface area contributed by atoms with E-state index in [0.717, 1.165) is 16.7 Å². The summed E-state index contributed by atoms with van der Waals surface area (Å²) in [4.78, 5) is 17.7. The van der Waals surface area contributed by atoms with Crippen LogP contribution >= 0.6 is 0 Å². The molecule has 0 fully saturated rings. The monoisotopic (exact) mass is 476 g/mol. The molecule has 178 valence electrons. The molecule has 0 aliphatic heterocycles. The van der Waals surface area contributed by atoms with Crippen molar-refractivity contribution < 1.29 is 13.7 Å². The molecule has 5 nitrogen and oxygen atoms in total. The number of aromatic nitrogens is 1. The summed E-state index contributed by atoms with van der Waals surface area (Å²) >= 11 is 0. The second-order valence-electron chi connectivity index (χ2n) is 8.93. The zero-order valence-electron chi connectivity index (χ0n) is 20.2. The number of nitrogens with one attached hydrogen (secondary N) is 1. The molecule has 1 aromatic heterocycles. The first-order valence-corrected chi connectivity index (χ1v) is 12.5. The fraction of sp³-hybridized carbons (Fsp3) is 0.286. The first-order chi connectivity index (χ1) is 16.2. The standard InChI is InChI=1S/C28H32N2O3S/c1-6-33-27(31)25(26(24-14-10-11-19-29-24)30-34(32)28(3,4)5)20(2)21-15-17-23(18-16-21)22-12-8-7-9-13-22/h7-19,25-26,30H,2,6H2,1,3-5H3/t25-,26+,34?/m1/s1. The third-order valence-corrected chi connectivity index (χ3v) is 6.99. The van der Waals surface area contributed by atoms with Crippen molar-refractivity contribution in [3.63, 3.8) is 0 Å². The van der Waals surface area contributed by atoms with Crippen LogP contribution in [0.3, 0.4) is 0 Å². The predicted molar refractivity (Wildman–Crippen MR) is 139 cm³/mol. The molecule has 0 saturated heterocycles. The van der Waals surface area contributed by atoms with Gasteiger partial charge in [-0.1, -0.05) is 67.2 Å². The fourth-order valence-corrected chi connectivity index (χ4v) is 4.39. The number of benzene rings is 2. The average Bonchev–Trinajstić information content (AvgIpc) is 2.84. The summed E-state index contributed by atoms with van der Waals surface area (Å²) in [7, 11) is -1.45. The minimum atomic E-state index is -1.45. The van der Waals surface area contributed by atoms with E-state index in [0.29, 0.717) is 11.3 Å². The van der Waals surface area contributed by atoms with Gasteiger partial charge in [0.15, 0.2) is 0 Å². The second kappa shape index (κ2) is 11.4. The van der Waals surface area contributed by atoms with Gasteiger partial charge in [-0.25, -0.2) is 8.93 Å². The topological polar surface area (TPSA) is 68.3 Å². The first-order valence-electron chi connectivity index (χ1n) is 11.3. The minimum absolute atomic E-state index is 0.229. The van der Waals surface area contributed by atoms with Gasteiger partial charge in [0.05, 0.1) is 34.1 Å². The minimum Gasteiger partial charge on any atom is -0.465 e. The maximum absolute atomic E-state index is 13.2. The van der Waals surface area contributed by atoms with Gasteiger partial charge in [0.1, 0.15) is 5.92 Å². The lowest BCUT2D eigenvalue weighted by Gasteiger charge is -2.30. The van der Waals surface area contributed by atoms with Crippen LogP contribution in [0.4, 0.5) is 0 Å². The number of hydrogen-bond acceptors (Lipinski definition) is 4. The second-order valence-corrected chi connectivity index (χ2v) is 10.9. The summed E-state index contributed by atoms with van der Waals surface area (Å²) in [5.74, 6) is -1.25. The summed E-state index contributed by atoms with van der Waals surface area (Å²) in [6, 6.07) is 22.8.